The molecule has 0 aromatic carbocycles. The Bertz CT molecular complexity index is 1130. The van der Waals surface area contributed by atoms with E-state index in [0.29, 0.717) is 19.1 Å². The molecule has 0 aliphatic rings. The third-order valence-corrected chi connectivity index (χ3v) is 6.97. The molecule has 0 spiro atoms. The first-order chi connectivity index (χ1) is 23.0. The highest BCUT2D eigenvalue weighted by atomic mass is 16.3. The lowest BCUT2D eigenvalue weighted by molar-refractivity contribution is -0.136. The summed E-state index contributed by atoms with van der Waals surface area (Å²) in [6, 6.07) is -8.24. The first kappa shape index (κ1) is 44.6. The van der Waals surface area contributed by atoms with Gasteiger partial charge in [0.05, 0.1) is 25.4 Å². The molecule has 21 heteroatoms. The maximum atomic E-state index is 13.5. The molecule has 0 unspecified atom stereocenters. The van der Waals surface area contributed by atoms with Crippen molar-refractivity contribution in [2.75, 3.05) is 26.2 Å². The van der Waals surface area contributed by atoms with Crippen molar-refractivity contribution in [3.05, 3.63) is 0 Å². The zero-order valence-electron chi connectivity index (χ0n) is 28.0. The van der Waals surface area contributed by atoms with Gasteiger partial charge in [-0.05, 0) is 59.4 Å². The van der Waals surface area contributed by atoms with Crippen LogP contribution in [-0.2, 0) is 33.6 Å². The molecule has 8 atom stereocenters. The molecule has 6 amide bonds. The van der Waals surface area contributed by atoms with E-state index in [0.717, 1.165) is 0 Å². The van der Waals surface area contributed by atoms with E-state index >= 15 is 0 Å². The summed E-state index contributed by atoms with van der Waals surface area (Å²) in [7, 11) is 0. The molecule has 280 valence electrons. The third kappa shape index (κ3) is 17.5. The molecule has 0 aromatic heterocycles. The van der Waals surface area contributed by atoms with E-state index in [4.69, 9.17) is 22.9 Å². The summed E-state index contributed by atoms with van der Waals surface area (Å²) in [5.74, 6) is -5.47. The molecule has 0 aliphatic carbocycles. The van der Waals surface area contributed by atoms with Gasteiger partial charge in [-0.2, -0.15) is 0 Å². The highest BCUT2D eigenvalue weighted by molar-refractivity contribution is 5.96. The highest BCUT2D eigenvalue weighted by Gasteiger charge is 2.33. The Morgan fingerprint density at radius 3 is 1.73 bits per heavy atom. The predicted octanol–water partition coefficient (Wildman–Crippen LogP) is -6.99. The van der Waals surface area contributed by atoms with E-state index in [2.05, 4.69) is 36.9 Å². The summed E-state index contributed by atoms with van der Waals surface area (Å²) in [5.41, 5.74) is 21.9. The van der Waals surface area contributed by atoms with Crippen molar-refractivity contribution in [3.8, 4) is 0 Å². The number of carbonyl (C=O) groups excluding carboxylic acids is 7. The monoisotopic (exact) mass is 703 g/mol. The van der Waals surface area contributed by atoms with Crippen LogP contribution in [0.25, 0.3) is 0 Å². The Hall–Kier alpha value is -4.44. The average molecular weight is 704 g/mol. The third-order valence-electron chi connectivity index (χ3n) is 6.97. The minimum atomic E-state index is -1.63. The van der Waals surface area contributed by atoms with Crippen LogP contribution in [0.15, 0.2) is 4.99 Å². The molecular weight excluding hydrogens is 650 g/mol. The number of nitrogens with zero attached hydrogens (tertiary/aromatic N) is 1. The van der Waals surface area contributed by atoms with E-state index in [1.54, 1.807) is 0 Å². The normalized spacial score (nSPS) is 15.8. The number of amides is 6. The summed E-state index contributed by atoms with van der Waals surface area (Å²) in [6.45, 7) is 2.86. The quantitative estimate of drug-likeness (QED) is 0.0192. The molecule has 0 bridgehead atoms. The molecule has 0 fully saturated rings. The topological polar surface area (TPSA) is 369 Å². The average Bonchev–Trinajstić information content (AvgIpc) is 3.04. The van der Waals surface area contributed by atoms with Gasteiger partial charge in [-0.15, -0.1) is 0 Å². The molecule has 49 heavy (non-hydrogen) atoms. The van der Waals surface area contributed by atoms with Crippen LogP contribution in [0, 0.1) is 0 Å². The van der Waals surface area contributed by atoms with Gasteiger partial charge in [0.2, 0.25) is 35.4 Å². The second kappa shape index (κ2) is 23.8. The van der Waals surface area contributed by atoms with Gasteiger partial charge in [-0.1, -0.05) is 0 Å². The second-order valence-corrected chi connectivity index (χ2v) is 11.2. The van der Waals surface area contributed by atoms with Gasteiger partial charge >= 0.3 is 0 Å². The van der Waals surface area contributed by atoms with E-state index in [-0.39, 0.29) is 44.9 Å². The number of nitrogens with one attached hydrogen (secondary N) is 6. The minimum absolute atomic E-state index is 0.0199. The lowest BCUT2D eigenvalue weighted by Crippen LogP contribution is -2.61. The molecule has 0 aromatic rings. The van der Waals surface area contributed by atoms with Crippen molar-refractivity contribution in [1.29, 1.82) is 0 Å². The number of hydrogen-bond acceptors (Lipinski definition) is 13. The standard InChI is InChI=1S/C28H53N11O10/c1-14(35-26(48)20(30)15(2)42)22(44)36-18(8-6-10-34-28(31)32)23(45)37-17(7-4-5-9-29)24(46)38-19(13-41)25(47)39-21(16(3)43)27(49)33-11-12-40/h12,14-21,41-43H,4-11,13,29-30H2,1-3H3,(H,33,49)(H,35,48)(H,36,44)(H,37,45)(H,38,46)(H,39,47)(H4,31,32,34)/t14-,15+,16+,17-,18-,19-,20-,21-/m0/s1. The first-order valence-electron chi connectivity index (χ1n) is 15.7. The van der Waals surface area contributed by atoms with Gasteiger partial charge < -0.3 is 74.9 Å². The fourth-order valence-electron chi connectivity index (χ4n) is 4.07. The highest BCUT2D eigenvalue weighted by Crippen LogP contribution is 2.06. The van der Waals surface area contributed by atoms with Crippen LogP contribution in [0.1, 0.15) is 52.9 Å². The fraction of sp³-hybridized carbons (Fsp3) is 0.714. The Balaban J connectivity index is 5.98. The van der Waals surface area contributed by atoms with Gasteiger partial charge in [-0.25, -0.2) is 0 Å². The van der Waals surface area contributed by atoms with Crippen LogP contribution in [0.5, 0.6) is 0 Å². The molecular formula is C28H53N11O10. The van der Waals surface area contributed by atoms with Crippen molar-refractivity contribution in [2.24, 2.45) is 27.9 Å². The van der Waals surface area contributed by atoms with Crippen LogP contribution in [0.3, 0.4) is 0 Å². The molecule has 0 saturated heterocycles. The molecule has 0 aliphatic heterocycles. The van der Waals surface area contributed by atoms with Gasteiger partial charge in [0.1, 0.15) is 42.5 Å². The van der Waals surface area contributed by atoms with E-state index in [1.165, 1.54) is 20.8 Å². The van der Waals surface area contributed by atoms with Crippen molar-refractivity contribution in [1.82, 2.24) is 31.9 Å². The second-order valence-electron chi connectivity index (χ2n) is 11.2. The van der Waals surface area contributed by atoms with Gasteiger partial charge in [-0.3, -0.25) is 33.8 Å². The SMILES string of the molecule is C[C@H](NC(=O)[C@@H](N)[C@@H](C)O)C(=O)N[C@@H](CCCN=C(N)N)C(=O)N[C@@H](CCCCN)C(=O)N[C@@H](CO)C(=O)N[C@H](C(=O)NCC=O)[C@@H](C)O. The Morgan fingerprint density at radius 1 is 0.714 bits per heavy atom. The number of nitrogens with two attached hydrogens (primary N) is 4. The van der Waals surface area contributed by atoms with Crippen molar-refractivity contribution in [2.45, 2.75) is 101 Å². The number of carbonyl (C=O) groups is 7. The van der Waals surface area contributed by atoms with Crippen molar-refractivity contribution < 1.29 is 48.9 Å². The number of aliphatic hydroxyl groups excluding tert-OH is 3. The largest absolute Gasteiger partial charge is 0.394 e. The lowest BCUT2D eigenvalue weighted by atomic mass is 10.1. The predicted molar refractivity (Wildman–Crippen MR) is 176 cm³/mol. The number of aldehydes is 1. The van der Waals surface area contributed by atoms with Gasteiger partial charge in [0.15, 0.2) is 5.96 Å². The van der Waals surface area contributed by atoms with E-state index < -0.39 is 90.5 Å². The van der Waals surface area contributed by atoms with Crippen LogP contribution < -0.4 is 54.8 Å². The molecule has 0 heterocycles. The molecule has 0 radical (unpaired) electrons. The van der Waals surface area contributed by atoms with E-state index in [1.807, 2.05) is 0 Å². The number of guanidine groups is 1. The number of rotatable bonds is 24. The van der Waals surface area contributed by atoms with Crippen molar-refractivity contribution in [3.63, 3.8) is 0 Å². The molecule has 21 nitrogen and oxygen atoms in total. The summed E-state index contributed by atoms with van der Waals surface area (Å²) in [4.78, 5) is 91.6. The Kier molecular flexibility index (Phi) is 21.7. The van der Waals surface area contributed by atoms with Crippen LogP contribution in [0.2, 0.25) is 0 Å². The van der Waals surface area contributed by atoms with E-state index in [9.17, 15) is 48.9 Å². The summed E-state index contributed by atoms with van der Waals surface area (Å²) < 4.78 is 0. The molecule has 0 rings (SSSR count). The molecule has 0 saturated carbocycles. The minimum Gasteiger partial charge on any atom is -0.394 e. The zero-order valence-corrected chi connectivity index (χ0v) is 28.0. The maximum absolute atomic E-state index is 13.5. The van der Waals surface area contributed by atoms with Crippen LogP contribution in [-0.4, -0.2) is 138 Å². The van der Waals surface area contributed by atoms with Gasteiger partial charge in [0, 0.05) is 6.54 Å². The fourth-order valence-corrected chi connectivity index (χ4v) is 4.07. The van der Waals surface area contributed by atoms with Crippen LogP contribution in [0.4, 0.5) is 0 Å². The molecule has 17 N–H and O–H groups in total. The maximum Gasteiger partial charge on any atom is 0.245 e. The first-order valence-corrected chi connectivity index (χ1v) is 15.7. The smallest absolute Gasteiger partial charge is 0.245 e. The summed E-state index contributed by atoms with van der Waals surface area (Å²) in [5, 5.41) is 43.4. The number of aliphatic imine (C=N–C) groups is 1. The number of unbranched alkanes of at least 4 members (excludes halogenated alkanes) is 1. The summed E-state index contributed by atoms with van der Waals surface area (Å²) in [6.07, 6.45) is -1.21. The van der Waals surface area contributed by atoms with Crippen LogP contribution >= 0.6 is 0 Å². The van der Waals surface area contributed by atoms with Gasteiger partial charge in [0.25, 0.3) is 0 Å². The number of hydrogen-bond donors (Lipinski definition) is 13. The Morgan fingerprint density at radius 2 is 1.24 bits per heavy atom. The summed E-state index contributed by atoms with van der Waals surface area (Å²) >= 11 is 0. The Labute approximate surface area is 284 Å². The number of aliphatic hydroxyl groups is 3. The zero-order chi connectivity index (χ0) is 37.7. The lowest BCUT2D eigenvalue weighted by Gasteiger charge is -2.27. The van der Waals surface area contributed by atoms with Crippen molar-refractivity contribution >= 4 is 47.7 Å².